The summed E-state index contributed by atoms with van der Waals surface area (Å²) >= 11 is 0. The van der Waals surface area contributed by atoms with Crippen molar-refractivity contribution in [1.29, 1.82) is 0 Å². The number of hydrogen-bond acceptors (Lipinski definition) is 3. The lowest BCUT2D eigenvalue weighted by atomic mass is 9.95. The molecule has 28 heavy (non-hydrogen) atoms. The highest BCUT2D eigenvalue weighted by molar-refractivity contribution is 5.67. The maximum Gasteiger partial charge on any atom is 0.303 e. The third-order valence-electron chi connectivity index (χ3n) is 5.67. The van der Waals surface area contributed by atoms with Crippen LogP contribution in [0.15, 0.2) is 42.5 Å². The maximum absolute atomic E-state index is 13.6. The van der Waals surface area contributed by atoms with Crippen LogP contribution in [-0.4, -0.2) is 24.2 Å². The van der Waals surface area contributed by atoms with Crippen LogP contribution in [0.5, 0.6) is 5.75 Å². The first kappa shape index (κ1) is 20.3. The van der Waals surface area contributed by atoms with Crippen molar-refractivity contribution in [2.45, 2.75) is 57.0 Å². The number of halogens is 1. The molecule has 150 valence electrons. The van der Waals surface area contributed by atoms with Crippen LogP contribution < -0.4 is 10.1 Å². The average molecular weight is 385 g/mol. The molecular formula is C23H28FNO3. The van der Waals surface area contributed by atoms with Gasteiger partial charge in [0, 0.05) is 18.5 Å². The van der Waals surface area contributed by atoms with E-state index in [2.05, 4.69) is 24.4 Å². The minimum atomic E-state index is -0.762. The van der Waals surface area contributed by atoms with Crippen LogP contribution in [0.2, 0.25) is 0 Å². The van der Waals surface area contributed by atoms with Gasteiger partial charge in [0.15, 0.2) is 11.6 Å². The zero-order chi connectivity index (χ0) is 20.1. The predicted molar refractivity (Wildman–Crippen MR) is 107 cm³/mol. The summed E-state index contributed by atoms with van der Waals surface area (Å²) in [6.07, 6.45) is 4.04. The average Bonchev–Trinajstić information content (AvgIpc) is 3.15. The molecular weight excluding hydrogens is 357 g/mol. The predicted octanol–water partition coefficient (Wildman–Crippen LogP) is 4.84. The van der Waals surface area contributed by atoms with Crippen LogP contribution in [0.25, 0.3) is 0 Å². The smallest absolute Gasteiger partial charge is 0.303 e. The normalized spacial score (nSPS) is 20.1. The van der Waals surface area contributed by atoms with Crippen LogP contribution in [0.3, 0.4) is 0 Å². The Morgan fingerprint density at radius 3 is 2.68 bits per heavy atom. The molecule has 1 aliphatic rings. The Kier molecular flexibility index (Phi) is 6.68. The van der Waals surface area contributed by atoms with Crippen LogP contribution in [0, 0.1) is 5.82 Å². The molecule has 2 aromatic carbocycles. The van der Waals surface area contributed by atoms with E-state index in [0.29, 0.717) is 18.4 Å². The highest BCUT2D eigenvalue weighted by Gasteiger charge is 2.27. The van der Waals surface area contributed by atoms with Gasteiger partial charge in [0.1, 0.15) is 0 Å². The van der Waals surface area contributed by atoms with E-state index in [1.165, 1.54) is 18.7 Å². The van der Waals surface area contributed by atoms with E-state index in [9.17, 15) is 9.18 Å². The SMILES string of the molecule is COc1cc(C(C)N[C@H]2CC[C@H](c3ccc(CCC(=O)O)cc3)C2)ccc1F. The van der Waals surface area contributed by atoms with E-state index >= 15 is 0 Å². The van der Waals surface area contributed by atoms with Gasteiger partial charge in [0.2, 0.25) is 0 Å². The van der Waals surface area contributed by atoms with Gasteiger partial charge in [-0.1, -0.05) is 30.3 Å². The molecule has 0 aromatic heterocycles. The number of benzene rings is 2. The van der Waals surface area contributed by atoms with Crippen molar-refractivity contribution < 1.29 is 19.0 Å². The van der Waals surface area contributed by atoms with Gasteiger partial charge in [0.25, 0.3) is 0 Å². The van der Waals surface area contributed by atoms with Crippen molar-refractivity contribution in [2.75, 3.05) is 7.11 Å². The number of nitrogens with one attached hydrogen (secondary N) is 1. The monoisotopic (exact) mass is 385 g/mol. The summed E-state index contributed by atoms with van der Waals surface area (Å²) in [7, 11) is 1.48. The van der Waals surface area contributed by atoms with Gasteiger partial charge in [0.05, 0.1) is 7.11 Å². The van der Waals surface area contributed by atoms with Gasteiger partial charge < -0.3 is 15.2 Å². The fraction of sp³-hybridized carbons (Fsp3) is 0.435. The number of carboxylic acid groups (broad SMARTS) is 1. The zero-order valence-electron chi connectivity index (χ0n) is 16.5. The number of carbonyl (C=O) groups is 1. The van der Waals surface area contributed by atoms with Crippen molar-refractivity contribution in [1.82, 2.24) is 5.32 Å². The van der Waals surface area contributed by atoms with Crippen molar-refractivity contribution in [3.63, 3.8) is 0 Å². The molecule has 1 fully saturated rings. The fourth-order valence-corrected chi connectivity index (χ4v) is 4.04. The molecule has 3 rings (SSSR count). The first-order chi connectivity index (χ1) is 13.5. The number of aliphatic carboxylic acids is 1. The molecule has 5 heteroatoms. The number of ether oxygens (including phenoxy) is 1. The van der Waals surface area contributed by atoms with Gasteiger partial charge in [-0.3, -0.25) is 4.79 Å². The summed E-state index contributed by atoms with van der Waals surface area (Å²) in [4.78, 5) is 10.7. The van der Waals surface area contributed by atoms with Gasteiger partial charge in [-0.2, -0.15) is 0 Å². The van der Waals surface area contributed by atoms with E-state index < -0.39 is 5.97 Å². The minimum Gasteiger partial charge on any atom is -0.494 e. The van der Waals surface area contributed by atoms with Crippen molar-refractivity contribution in [3.05, 3.63) is 65.0 Å². The summed E-state index contributed by atoms with van der Waals surface area (Å²) < 4.78 is 18.7. The topological polar surface area (TPSA) is 58.6 Å². The molecule has 0 heterocycles. The molecule has 1 saturated carbocycles. The zero-order valence-corrected chi connectivity index (χ0v) is 16.5. The number of aryl methyl sites for hydroxylation is 1. The molecule has 4 nitrogen and oxygen atoms in total. The van der Waals surface area contributed by atoms with E-state index in [4.69, 9.17) is 9.84 Å². The molecule has 2 N–H and O–H groups in total. The van der Waals surface area contributed by atoms with E-state index in [1.54, 1.807) is 12.1 Å². The number of rotatable bonds is 8. The summed E-state index contributed by atoms with van der Waals surface area (Å²) in [5.74, 6) is -0.313. The Morgan fingerprint density at radius 2 is 2.00 bits per heavy atom. The highest BCUT2D eigenvalue weighted by Crippen LogP contribution is 2.36. The number of hydrogen-bond donors (Lipinski definition) is 2. The molecule has 3 atom stereocenters. The molecule has 0 radical (unpaired) electrons. The first-order valence-corrected chi connectivity index (χ1v) is 9.86. The third kappa shape index (κ3) is 5.10. The summed E-state index contributed by atoms with van der Waals surface area (Å²) in [6.45, 7) is 2.09. The van der Waals surface area contributed by atoms with Crippen LogP contribution >= 0.6 is 0 Å². The third-order valence-corrected chi connectivity index (χ3v) is 5.67. The summed E-state index contributed by atoms with van der Waals surface area (Å²) in [5, 5.41) is 12.5. The Bertz CT molecular complexity index is 806. The van der Waals surface area contributed by atoms with Gasteiger partial charge >= 0.3 is 5.97 Å². The van der Waals surface area contributed by atoms with Crippen molar-refractivity contribution in [2.24, 2.45) is 0 Å². The van der Waals surface area contributed by atoms with E-state index in [0.717, 1.165) is 30.4 Å². The second kappa shape index (κ2) is 9.20. The van der Waals surface area contributed by atoms with E-state index in [-0.39, 0.29) is 24.0 Å². The quantitative estimate of drug-likeness (QED) is 0.683. The number of methoxy groups -OCH3 is 1. The van der Waals surface area contributed by atoms with Gasteiger partial charge in [-0.15, -0.1) is 0 Å². The van der Waals surface area contributed by atoms with Crippen LogP contribution in [0.4, 0.5) is 4.39 Å². The molecule has 0 saturated heterocycles. The van der Waals surface area contributed by atoms with Crippen molar-refractivity contribution >= 4 is 5.97 Å². The van der Waals surface area contributed by atoms with Crippen LogP contribution in [0.1, 0.15) is 61.3 Å². The molecule has 0 spiro atoms. The molecule has 1 aliphatic carbocycles. The summed E-state index contributed by atoms with van der Waals surface area (Å²) in [6, 6.07) is 13.9. The molecule has 0 bridgehead atoms. The molecule has 0 aliphatic heterocycles. The number of carboxylic acids is 1. The van der Waals surface area contributed by atoms with Gasteiger partial charge in [-0.25, -0.2) is 4.39 Å². The molecule has 0 amide bonds. The summed E-state index contributed by atoms with van der Waals surface area (Å²) in [5.41, 5.74) is 3.40. The lowest BCUT2D eigenvalue weighted by Crippen LogP contribution is -2.29. The maximum atomic E-state index is 13.6. The lowest BCUT2D eigenvalue weighted by Gasteiger charge is -2.21. The largest absolute Gasteiger partial charge is 0.494 e. The minimum absolute atomic E-state index is 0.122. The standard InChI is InChI=1S/C23H28FNO3/c1-15(18-9-11-21(24)22(14-18)28-2)25-20-10-8-19(13-20)17-6-3-16(4-7-17)5-12-23(26)27/h3-4,6-7,9,11,14-15,19-20,25H,5,8,10,12-13H2,1-2H3,(H,26,27)/t15?,19-,20-/m0/s1. The second-order valence-electron chi connectivity index (χ2n) is 7.62. The molecule has 1 unspecified atom stereocenters. The Labute approximate surface area is 165 Å². The highest BCUT2D eigenvalue weighted by atomic mass is 19.1. The fourth-order valence-electron chi connectivity index (χ4n) is 4.04. The Morgan fingerprint density at radius 1 is 1.25 bits per heavy atom. The van der Waals surface area contributed by atoms with Crippen molar-refractivity contribution in [3.8, 4) is 5.75 Å². The Hall–Kier alpha value is -2.40. The molecule has 2 aromatic rings. The van der Waals surface area contributed by atoms with Crippen LogP contribution in [-0.2, 0) is 11.2 Å². The van der Waals surface area contributed by atoms with E-state index in [1.807, 2.05) is 12.1 Å². The Balaban J connectivity index is 1.55. The first-order valence-electron chi connectivity index (χ1n) is 9.86. The van der Waals surface area contributed by atoms with Gasteiger partial charge in [-0.05, 0) is 67.3 Å². The second-order valence-corrected chi connectivity index (χ2v) is 7.62. The lowest BCUT2D eigenvalue weighted by molar-refractivity contribution is -0.136.